The molecule has 0 aliphatic heterocycles. The smallest absolute Gasteiger partial charge is 0.0543 e. The molecule has 0 spiro atoms. The summed E-state index contributed by atoms with van der Waals surface area (Å²) < 4.78 is 0. The standard InChI is InChI=1S/C14H28O2/c1-11(2)9-13(15)7-8-14(16)10-12-5-3-4-6-12/h11-16H,3-10H2,1-2H3. The van der Waals surface area contributed by atoms with E-state index in [0.717, 1.165) is 31.6 Å². The highest BCUT2D eigenvalue weighted by Crippen LogP contribution is 2.29. The summed E-state index contributed by atoms with van der Waals surface area (Å²) in [5, 5.41) is 19.6. The van der Waals surface area contributed by atoms with E-state index in [9.17, 15) is 10.2 Å². The van der Waals surface area contributed by atoms with Gasteiger partial charge in [-0.15, -0.1) is 0 Å². The maximum absolute atomic E-state index is 9.88. The summed E-state index contributed by atoms with van der Waals surface area (Å²) >= 11 is 0. The van der Waals surface area contributed by atoms with E-state index < -0.39 is 0 Å². The Bertz CT molecular complexity index is 174. The van der Waals surface area contributed by atoms with Gasteiger partial charge in [-0.25, -0.2) is 0 Å². The maximum Gasteiger partial charge on any atom is 0.0543 e. The Morgan fingerprint density at radius 3 is 2.12 bits per heavy atom. The molecular weight excluding hydrogens is 200 g/mol. The van der Waals surface area contributed by atoms with E-state index in [1.165, 1.54) is 25.7 Å². The summed E-state index contributed by atoms with van der Waals surface area (Å²) in [6, 6.07) is 0. The SMILES string of the molecule is CC(C)CC(O)CCC(O)CC1CCCC1. The van der Waals surface area contributed by atoms with E-state index in [-0.39, 0.29) is 12.2 Å². The molecule has 2 unspecified atom stereocenters. The number of rotatable bonds is 7. The second-order valence-corrected chi connectivity index (χ2v) is 5.90. The Morgan fingerprint density at radius 1 is 1.00 bits per heavy atom. The molecule has 1 fully saturated rings. The van der Waals surface area contributed by atoms with Crippen LogP contribution in [0.2, 0.25) is 0 Å². The summed E-state index contributed by atoms with van der Waals surface area (Å²) in [6.07, 6.45) is 8.20. The van der Waals surface area contributed by atoms with Gasteiger partial charge < -0.3 is 10.2 Å². The van der Waals surface area contributed by atoms with Gasteiger partial charge in [-0.1, -0.05) is 39.5 Å². The third-order valence-corrected chi connectivity index (χ3v) is 3.66. The lowest BCUT2D eigenvalue weighted by Crippen LogP contribution is -2.17. The zero-order valence-electron chi connectivity index (χ0n) is 10.9. The third-order valence-electron chi connectivity index (χ3n) is 3.66. The molecule has 2 atom stereocenters. The fraction of sp³-hybridized carbons (Fsp3) is 1.00. The summed E-state index contributed by atoms with van der Waals surface area (Å²) in [6.45, 7) is 4.25. The van der Waals surface area contributed by atoms with Gasteiger partial charge in [-0.05, 0) is 37.5 Å². The number of aliphatic hydroxyl groups excluding tert-OH is 2. The molecule has 0 radical (unpaired) electrons. The van der Waals surface area contributed by atoms with Gasteiger partial charge in [0.2, 0.25) is 0 Å². The molecule has 1 saturated carbocycles. The van der Waals surface area contributed by atoms with E-state index >= 15 is 0 Å². The van der Waals surface area contributed by atoms with Crippen molar-refractivity contribution in [3.05, 3.63) is 0 Å². The summed E-state index contributed by atoms with van der Waals surface area (Å²) in [5.41, 5.74) is 0. The molecule has 96 valence electrons. The quantitative estimate of drug-likeness (QED) is 0.703. The first-order valence-electron chi connectivity index (χ1n) is 6.94. The van der Waals surface area contributed by atoms with E-state index in [1.807, 2.05) is 0 Å². The van der Waals surface area contributed by atoms with Crippen LogP contribution in [0.5, 0.6) is 0 Å². The molecule has 0 amide bonds. The average molecular weight is 228 g/mol. The van der Waals surface area contributed by atoms with Crippen molar-refractivity contribution in [1.82, 2.24) is 0 Å². The molecule has 1 aliphatic carbocycles. The average Bonchev–Trinajstić information content (AvgIpc) is 2.66. The Labute approximate surface area is 100 Å². The molecule has 0 aromatic carbocycles. The predicted molar refractivity (Wildman–Crippen MR) is 67.3 cm³/mol. The van der Waals surface area contributed by atoms with Gasteiger partial charge in [0.25, 0.3) is 0 Å². The van der Waals surface area contributed by atoms with Crippen LogP contribution in [0.15, 0.2) is 0 Å². The predicted octanol–water partition coefficient (Wildman–Crippen LogP) is 3.11. The highest BCUT2D eigenvalue weighted by Gasteiger charge is 2.19. The molecular formula is C14H28O2. The van der Waals surface area contributed by atoms with Crippen molar-refractivity contribution in [1.29, 1.82) is 0 Å². The second kappa shape index (κ2) is 7.29. The number of hydrogen-bond acceptors (Lipinski definition) is 2. The molecule has 1 aliphatic rings. The van der Waals surface area contributed by atoms with Crippen molar-refractivity contribution >= 4 is 0 Å². The lowest BCUT2D eigenvalue weighted by atomic mass is 9.95. The fourth-order valence-corrected chi connectivity index (χ4v) is 2.80. The minimum absolute atomic E-state index is 0.190. The van der Waals surface area contributed by atoms with Crippen LogP contribution in [0.25, 0.3) is 0 Å². The molecule has 0 heterocycles. The fourth-order valence-electron chi connectivity index (χ4n) is 2.80. The van der Waals surface area contributed by atoms with Gasteiger partial charge in [0, 0.05) is 0 Å². The normalized spacial score (nSPS) is 21.6. The second-order valence-electron chi connectivity index (χ2n) is 5.90. The first kappa shape index (κ1) is 14.0. The lowest BCUT2D eigenvalue weighted by molar-refractivity contribution is 0.0883. The largest absolute Gasteiger partial charge is 0.393 e. The van der Waals surface area contributed by atoms with Crippen LogP contribution in [0.1, 0.15) is 65.2 Å². The molecule has 0 aromatic rings. The van der Waals surface area contributed by atoms with Crippen molar-refractivity contribution in [3.8, 4) is 0 Å². The number of aliphatic hydroxyl groups is 2. The van der Waals surface area contributed by atoms with E-state index in [0.29, 0.717) is 5.92 Å². The molecule has 0 saturated heterocycles. The number of hydrogen-bond donors (Lipinski definition) is 2. The van der Waals surface area contributed by atoms with Crippen molar-refractivity contribution in [2.24, 2.45) is 11.8 Å². The van der Waals surface area contributed by atoms with Gasteiger partial charge in [-0.3, -0.25) is 0 Å². The molecule has 16 heavy (non-hydrogen) atoms. The van der Waals surface area contributed by atoms with Gasteiger partial charge in [0.05, 0.1) is 12.2 Å². The topological polar surface area (TPSA) is 40.5 Å². The molecule has 2 nitrogen and oxygen atoms in total. The zero-order valence-corrected chi connectivity index (χ0v) is 10.9. The molecule has 0 aromatic heterocycles. The summed E-state index contributed by atoms with van der Waals surface area (Å²) in [4.78, 5) is 0. The first-order valence-corrected chi connectivity index (χ1v) is 6.94. The van der Waals surface area contributed by atoms with Crippen LogP contribution in [0, 0.1) is 11.8 Å². The van der Waals surface area contributed by atoms with Crippen LogP contribution < -0.4 is 0 Å². The Hall–Kier alpha value is -0.0800. The van der Waals surface area contributed by atoms with Gasteiger partial charge >= 0.3 is 0 Å². The van der Waals surface area contributed by atoms with E-state index in [1.54, 1.807) is 0 Å². The molecule has 2 N–H and O–H groups in total. The highest BCUT2D eigenvalue weighted by atomic mass is 16.3. The first-order chi connectivity index (χ1) is 7.58. The van der Waals surface area contributed by atoms with E-state index in [4.69, 9.17) is 0 Å². The van der Waals surface area contributed by atoms with Crippen molar-refractivity contribution in [3.63, 3.8) is 0 Å². The zero-order chi connectivity index (χ0) is 12.0. The Balaban J connectivity index is 2.06. The Kier molecular flexibility index (Phi) is 6.37. The molecule has 0 bridgehead atoms. The molecule has 1 rings (SSSR count). The summed E-state index contributed by atoms with van der Waals surface area (Å²) in [5.74, 6) is 1.29. The lowest BCUT2D eigenvalue weighted by Gasteiger charge is -2.18. The summed E-state index contributed by atoms with van der Waals surface area (Å²) in [7, 11) is 0. The third kappa shape index (κ3) is 5.86. The van der Waals surface area contributed by atoms with Crippen LogP contribution in [0.4, 0.5) is 0 Å². The minimum Gasteiger partial charge on any atom is -0.393 e. The van der Waals surface area contributed by atoms with Crippen LogP contribution in [0.3, 0.4) is 0 Å². The van der Waals surface area contributed by atoms with Crippen molar-refractivity contribution in [2.75, 3.05) is 0 Å². The van der Waals surface area contributed by atoms with Crippen LogP contribution in [-0.4, -0.2) is 22.4 Å². The van der Waals surface area contributed by atoms with Gasteiger partial charge in [-0.2, -0.15) is 0 Å². The monoisotopic (exact) mass is 228 g/mol. The molecule has 2 heteroatoms. The minimum atomic E-state index is -0.224. The maximum atomic E-state index is 9.88. The van der Waals surface area contributed by atoms with Gasteiger partial charge in [0.1, 0.15) is 0 Å². The van der Waals surface area contributed by atoms with Gasteiger partial charge in [0.15, 0.2) is 0 Å². The Morgan fingerprint density at radius 2 is 1.56 bits per heavy atom. The van der Waals surface area contributed by atoms with Crippen LogP contribution >= 0.6 is 0 Å². The van der Waals surface area contributed by atoms with Crippen molar-refractivity contribution < 1.29 is 10.2 Å². The van der Waals surface area contributed by atoms with Crippen molar-refractivity contribution in [2.45, 2.75) is 77.4 Å². The highest BCUT2D eigenvalue weighted by molar-refractivity contribution is 4.72. The van der Waals surface area contributed by atoms with E-state index in [2.05, 4.69) is 13.8 Å². The van der Waals surface area contributed by atoms with Crippen LogP contribution in [-0.2, 0) is 0 Å².